The molecule has 134 valence electrons. The molecule has 0 aromatic carbocycles. The third kappa shape index (κ3) is 5.43. The molecular formula is C16H31N3O3S. The molecule has 2 saturated heterocycles. The van der Waals surface area contributed by atoms with Gasteiger partial charge < -0.3 is 9.80 Å². The van der Waals surface area contributed by atoms with Crippen LogP contribution < -0.4 is 0 Å². The van der Waals surface area contributed by atoms with E-state index in [0.717, 1.165) is 39.0 Å². The van der Waals surface area contributed by atoms with Gasteiger partial charge >= 0.3 is 0 Å². The summed E-state index contributed by atoms with van der Waals surface area (Å²) in [4.78, 5) is 16.1. The number of amides is 1. The topological polar surface area (TPSA) is 60.9 Å². The van der Waals surface area contributed by atoms with Crippen LogP contribution in [0.2, 0.25) is 0 Å². The van der Waals surface area contributed by atoms with Crippen molar-refractivity contribution in [1.82, 2.24) is 14.1 Å². The van der Waals surface area contributed by atoms with E-state index in [1.54, 1.807) is 14.1 Å². The summed E-state index contributed by atoms with van der Waals surface area (Å²) in [5, 5.41) is 0. The Morgan fingerprint density at radius 1 is 1.13 bits per heavy atom. The molecule has 2 fully saturated rings. The Kier molecular flexibility index (Phi) is 6.85. The van der Waals surface area contributed by atoms with Crippen LogP contribution in [0.4, 0.5) is 0 Å². The zero-order valence-electron chi connectivity index (χ0n) is 14.5. The van der Waals surface area contributed by atoms with Crippen LogP contribution in [0.15, 0.2) is 0 Å². The maximum atomic E-state index is 11.9. The van der Waals surface area contributed by atoms with Crippen LogP contribution in [-0.4, -0.2) is 80.5 Å². The second-order valence-electron chi connectivity index (χ2n) is 6.91. The van der Waals surface area contributed by atoms with E-state index in [9.17, 15) is 13.2 Å². The molecule has 7 heteroatoms. The van der Waals surface area contributed by atoms with Crippen LogP contribution in [0.5, 0.6) is 0 Å². The van der Waals surface area contributed by atoms with Gasteiger partial charge in [-0.15, -0.1) is 0 Å². The third-order valence-electron chi connectivity index (χ3n) is 5.06. The molecule has 6 nitrogen and oxygen atoms in total. The largest absolute Gasteiger partial charge is 0.343 e. The smallest absolute Gasteiger partial charge is 0.222 e. The minimum absolute atomic E-state index is 0.216. The standard InChI is InChI=1S/C16H31N3O3S/c1-17(2)23(21,22)14-6-12-18-10-4-3-7-15(18)9-13-19-11-5-8-16(19)20/h15H,3-14H2,1-2H3. The molecule has 1 atom stereocenters. The molecule has 0 aromatic heterocycles. The number of rotatable bonds is 8. The molecule has 0 aromatic rings. The quantitative estimate of drug-likeness (QED) is 0.662. The van der Waals surface area contributed by atoms with Crippen molar-refractivity contribution in [3.63, 3.8) is 0 Å². The Bertz CT molecular complexity index is 493. The molecule has 0 saturated carbocycles. The van der Waals surface area contributed by atoms with Gasteiger partial charge in [0.05, 0.1) is 5.75 Å². The van der Waals surface area contributed by atoms with Crippen LogP contribution in [0.25, 0.3) is 0 Å². The van der Waals surface area contributed by atoms with Crippen molar-refractivity contribution in [2.45, 2.75) is 51.0 Å². The first kappa shape index (κ1) is 18.7. The van der Waals surface area contributed by atoms with E-state index in [4.69, 9.17) is 0 Å². The summed E-state index contributed by atoms with van der Waals surface area (Å²) < 4.78 is 25.0. The van der Waals surface area contributed by atoms with Crippen molar-refractivity contribution in [2.75, 3.05) is 46.0 Å². The van der Waals surface area contributed by atoms with Gasteiger partial charge in [-0.3, -0.25) is 4.79 Å². The molecule has 2 heterocycles. The predicted molar refractivity (Wildman–Crippen MR) is 91.7 cm³/mol. The number of carbonyl (C=O) groups is 1. The summed E-state index contributed by atoms with van der Waals surface area (Å²) in [7, 11) is 0.0834. The van der Waals surface area contributed by atoms with Crippen molar-refractivity contribution >= 4 is 15.9 Å². The summed E-state index contributed by atoms with van der Waals surface area (Å²) in [6.07, 6.45) is 7.01. The lowest BCUT2D eigenvalue weighted by Gasteiger charge is -2.36. The van der Waals surface area contributed by atoms with E-state index in [-0.39, 0.29) is 5.75 Å². The van der Waals surface area contributed by atoms with Gasteiger partial charge in [-0.1, -0.05) is 6.42 Å². The fraction of sp³-hybridized carbons (Fsp3) is 0.938. The van der Waals surface area contributed by atoms with Gasteiger partial charge in [0.25, 0.3) is 0 Å². The Balaban J connectivity index is 1.77. The first-order chi connectivity index (χ1) is 10.9. The number of likely N-dealkylation sites (tertiary alicyclic amines) is 2. The lowest BCUT2D eigenvalue weighted by molar-refractivity contribution is -0.127. The summed E-state index contributed by atoms with van der Waals surface area (Å²) in [5.74, 6) is 0.512. The fourth-order valence-corrected chi connectivity index (χ4v) is 4.42. The number of piperidine rings is 1. The molecule has 0 bridgehead atoms. The Morgan fingerprint density at radius 3 is 2.57 bits per heavy atom. The van der Waals surface area contributed by atoms with E-state index in [1.165, 1.54) is 23.6 Å². The van der Waals surface area contributed by atoms with Crippen LogP contribution in [0.1, 0.15) is 44.9 Å². The van der Waals surface area contributed by atoms with E-state index in [1.807, 2.05) is 4.90 Å². The van der Waals surface area contributed by atoms with Crippen LogP contribution in [-0.2, 0) is 14.8 Å². The highest BCUT2D eigenvalue weighted by molar-refractivity contribution is 7.89. The second kappa shape index (κ2) is 8.44. The minimum Gasteiger partial charge on any atom is -0.343 e. The number of hydrogen-bond acceptors (Lipinski definition) is 4. The highest BCUT2D eigenvalue weighted by Gasteiger charge is 2.26. The maximum Gasteiger partial charge on any atom is 0.222 e. The monoisotopic (exact) mass is 345 g/mol. The molecule has 1 unspecified atom stereocenters. The average Bonchev–Trinajstić information content (AvgIpc) is 2.91. The SMILES string of the molecule is CN(C)S(=O)(=O)CCCN1CCCCC1CCN1CCCC1=O. The molecule has 2 aliphatic heterocycles. The number of carbonyl (C=O) groups excluding carboxylic acids is 1. The predicted octanol–water partition coefficient (Wildman–Crippen LogP) is 1.13. The van der Waals surface area contributed by atoms with Crippen LogP contribution >= 0.6 is 0 Å². The van der Waals surface area contributed by atoms with E-state index in [2.05, 4.69) is 4.90 Å². The Morgan fingerprint density at radius 2 is 1.91 bits per heavy atom. The Labute approximate surface area is 140 Å². The Hall–Kier alpha value is -0.660. The number of hydrogen-bond donors (Lipinski definition) is 0. The summed E-state index contributed by atoms with van der Waals surface area (Å²) in [6, 6.07) is 0.499. The molecule has 0 radical (unpaired) electrons. The molecule has 0 N–H and O–H groups in total. The average molecular weight is 346 g/mol. The molecule has 0 spiro atoms. The molecule has 2 rings (SSSR count). The van der Waals surface area contributed by atoms with Crippen molar-refractivity contribution in [1.29, 1.82) is 0 Å². The zero-order valence-corrected chi connectivity index (χ0v) is 15.4. The van der Waals surface area contributed by atoms with Crippen LogP contribution in [0.3, 0.4) is 0 Å². The number of nitrogens with zero attached hydrogens (tertiary/aromatic N) is 3. The third-order valence-corrected chi connectivity index (χ3v) is 6.97. The fourth-order valence-electron chi connectivity index (χ4n) is 3.56. The first-order valence-corrected chi connectivity index (χ1v) is 10.4. The van der Waals surface area contributed by atoms with Gasteiger partial charge in [-0.05, 0) is 45.2 Å². The van der Waals surface area contributed by atoms with E-state index in [0.29, 0.717) is 24.8 Å². The minimum atomic E-state index is -3.10. The highest BCUT2D eigenvalue weighted by Crippen LogP contribution is 2.21. The van der Waals surface area contributed by atoms with Gasteiger partial charge in [0.15, 0.2) is 0 Å². The van der Waals surface area contributed by atoms with E-state index >= 15 is 0 Å². The van der Waals surface area contributed by atoms with Crippen molar-refractivity contribution in [3.05, 3.63) is 0 Å². The lowest BCUT2D eigenvalue weighted by Crippen LogP contribution is -2.43. The van der Waals surface area contributed by atoms with Gasteiger partial charge in [0.2, 0.25) is 15.9 Å². The molecular weight excluding hydrogens is 314 g/mol. The second-order valence-corrected chi connectivity index (χ2v) is 9.21. The van der Waals surface area contributed by atoms with Gasteiger partial charge in [-0.2, -0.15) is 0 Å². The maximum absolute atomic E-state index is 11.9. The zero-order chi connectivity index (χ0) is 16.9. The van der Waals surface area contributed by atoms with Gasteiger partial charge in [0.1, 0.15) is 0 Å². The normalized spacial score (nSPS) is 23.9. The molecule has 23 heavy (non-hydrogen) atoms. The van der Waals surface area contributed by atoms with E-state index < -0.39 is 10.0 Å². The summed E-state index contributed by atoms with van der Waals surface area (Å²) in [6.45, 7) is 3.66. The first-order valence-electron chi connectivity index (χ1n) is 8.82. The van der Waals surface area contributed by atoms with Crippen molar-refractivity contribution in [2.24, 2.45) is 0 Å². The molecule has 1 amide bonds. The van der Waals surface area contributed by atoms with Crippen molar-refractivity contribution in [3.8, 4) is 0 Å². The number of sulfonamides is 1. The van der Waals surface area contributed by atoms with Gasteiger partial charge in [0, 0.05) is 39.6 Å². The molecule has 0 aliphatic carbocycles. The van der Waals surface area contributed by atoms with Gasteiger partial charge in [-0.25, -0.2) is 12.7 Å². The highest BCUT2D eigenvalue weighted by atomic mass is 32.2. The summed E-state index contributed by atoms with van der Waals surface area (Å²) in [5.41, 5.74) is 0. The summed E-state index contributed by atoms with van der Waals surface area (Å²) >= 11 is 0. The lowest BCUT2D eigenvalue weighted by atomic mass is 9.99. The molecule has 2 aliphatic rings. The van der Waals surface area contributed by atoms with Crippen LogP contribution in [0, 0.1) is 0 Å². The van der Waals surface area contributed by atoms with Crippen molar-refractivity contribution < 1.29 is 13.2 Å².